The minimum atomic E-state index is -0.420. The number of para-hydroxylation sites is 1. The zero-order chi connectivity index (χ0) is 20.2. The van der Waals surface area contributed by atoms with E-state index in [1.54, 1.807) is 30.6 Å². The summed E-state index contributed by atoms with van der Waals surface area (Å²) in [5.41, 5.74) is 2.05. The number of rotatable bonds is 5. The molecule has 3 aromatic heterocycles. The van der Waals surface area contributed by atoms with Crippen LogP contribution in [0.15, 0.2) is 70.2 Å². The molecule has 3 heterocycles. The van der Waals surface area contributed by atoms with E-state index >= 15 is 0 Å². The first-order chi connectivity index (χ1) is 14.1. The van der Waals surface area contributed by atoms with E-state index in [-0.39, 0.29) is 11.3 Å². The summed E-state index contributed by atoms with van der Waals surface area (Å²) in [6, 6.07) is 13.6. The molecule has 9 nitrogen and oxygen atoms in total. The molecular formula is C20H16N6O3. The number of carbonyl (C=O) groups excluding carboxylic acids is 1. The highest BCUT2D eigenvalue weighted by molar-refractivity contribution is 6.03. The van der Waals surface area contributed by atoms with Crippen molar-refractivity contribution in [1.82, 2.24) is 24.9 Å². The molecule has 144 valence electrons. The van der Waals surface area contributed by atoms with Crippen LogP contribution in [0.4, 0.5) is 5.69 Å². The molecule has 0 radical (unpaired) electrons. The Balaban J connectivity index is 1.54. The van der Waals surface area contributed by atoms with Gasteiger partial charge >= 0.3 is 0 Å². The van der Waals surface area contributed by atoms with Gasteiger partial charge in [-0.1, -0.05) is 23.4 Å². The SMILES string of the molecule is Cn1nc(C(=O)Nc2ccccc2Cc2nc(-c3ccncc3)no2)ccc1=O. The summed E-state index contributed by atoms with van der Waals surface area (Å²) in [4.78, 5) is 32.4. The van der Waals surface area contributed by atoms with Crippen molar-refractivity contribution >= 4 is 11.6 Å². The Kier molecular flexibility index (Phi) is 4.93. The Hall–Kier alpha value is -4.14. The van der Waals surface area contributed by atoms with Gasteiger partial charge in [-0.05, 0) is 29.8 Å². The third-order valence-corrected chi connectivity index (χ3v) is 4.21. The van der Waals surface area contributed by atoms with Gasteiger partial charge in [-0.2, -0.15) is 10.1 Å². The van der Waals surface area contributed by atoms with Crippen LogP contribution in [0.1, 0.15) is 21.9 Å². The molecule has 4 aromatic rings. The van der Waals surface area contributed by atoms with Crippen LogP contribution in [0.3, 0.4) is 0 Å². The lowest BCUT2D eigenvalue weighted by Gasteiger charge is -2.09. The average molecular weight is 388 g/mol. The van der Waals surface area contributed by atoms with Crippen molar-refractivity contribution in [3.8, 4) is 11.4 Å². The number of anilines is 1. The number of nitrogens with one attached hydrogen (secondary N) is 1. The monoisotopic (exact) mass is 388 g/mol. The van der Waals surface area contributed by atoms with Gasteiger partial charge < -0.3 is 9.84 Å². The second-order valence-corrected chi connectivity index (χ2v) is 6.22. The smallest absolute Gasteiger partial charge is 0.276 e. The molecule has 0 aliphatic rings. The lowest BCUT2D eigenvalue weighted by molar-refractivity contribution is 0.102. The maximum absolute atomic E-state index is 12.5. The molecule has 9 heteroatoms. The van der Waals surface area contributed by atoms with Crippen LogP contribution in [-0.2, 0) is 13.5 Å². The Labute approximate surface area is 165 Å². The number of aryl methyl sites for hydroxylation is 1. The lowest BCUT2D eigenvalue weighted by atomic mass is 10.1. The normalized spacial score (nSPS) is 10.7. The van der Waals surface area contributed by atoms with Gasteiger partial charge in [0, 0.05) is 36.8 Å². The van der Waals surface area contributed by atoms with Crippen molar-refractivity contribution in [2.24, 2.45) is 7.05 Å². The van der Waals surface area contributed by atoms with E-state index in [1.807, 2.05) is 18.2 Å². The van der Waals surface area contributed by atoms with Crippen molar-refractivity contribution in [3.05, 3.63) is 88.4 Å². The molecule has 0 spiro atoms. The van der Waals surface area contributed by atoms with Gasteiger partial charge in [-0.3, -0.25) is 14.6 Å². The molecule has 0 bridgehead atoms. The van der Waals surface area contributed by atoms with Gasteiger partial charge in [-0.15, -0.1) is 0 Å². The molecule has 0 aliphatic carbocycles. The average Bonchev–Trinajstić information content (AvgIpc) is 3.21. The van der Waals surface area contributed by atoms with E-state index in [9.17, 15) is 9.59 Å². The van der Waals surface area contributed by atoms with Crippen molar-refractivity contribution in [3.63, 3.8) is 0 Å². The maximum Gasteiger partial charge on any atom is 0.276 e. The second kappa shape index (κ2) is 7.85. The maximum atomic E-state index is 12.5. The van der Waals surface area contributed by atoms with Crippen LogP contribution in [0.25, 0.3) is 11.4 Å². The van der Waals surface area contributed by atoms with Crippen molar-refractivity contribution in [2.75, 3.05) is 5.32 Å². The van der Waals surface area contributed by atoms with Crippen LogP contribution in [0, 0.1) is 0 Å². The van der Waals surface area contributed by atoms with E-state index in [1.165, 1.54) is 19.2 Å². The summed E-state index contributed by atoms with van der Waals surface area (Å²) >= 11 is 0. The zero-order valence-corrected chi connectivity index (χ0v) is 15.4. The highest BCUT2D eigenvalue weighted by atomic mass is 16.5. The first-order valence-electron chi connectivity index (χ1n) is 8.77. The summed E-state index contributed by atoms with van der Waals surface area (Å²) in [6.07, 6.45) is 3.66. The quantitative estimate of drug-likeness (QED) is 0.556. The lowest BCUT2D eigenvalue weighted by Crippen LogP contribution is -2.23. The molecule has 1 N–H and O–H groups in total. The topological polar surface area (TPSA) is 116 Å². The van der Waals surface area contributed by atoms with Crippen molar-refractivity contribution in [1.29, 1.82) is 0 Å². The minimum absolute atomic E-state index is 0.139. The number of pyridine rings is 1. The predicted octanol–water partition coefficient (Wildman–Crippen LogP) is 2.07. The highest BCUT2D eigenvalue weighted by Crippen LogP contribution is 2.21. The van der Waals surface area contributed by atoms with Crippen molar-refractivity contribution in [2.45, 2.75) is 6.42 Å². The van der Waals surface area contributed by atoms with E-state index in [0.717, 1.165) is 15.8 Å². The summed E-state index contributed by atoms with van der Waals surface area (Å²) < 4.78 is 6.46. The summed E-state index contributed by atoms with van der Waals surface area (Å²) in [7, 11) is 1.49. The van der Waals surface area contributed by atoms with Gasteiger partial charge in [0.15, 0.2) is 0 Å². The molecule has 0 saturated carbocycles. The van der Waals surface area contributed by atoms with Crippen molar-refractivity contribution < 1.29 is 9.32 Å². The Morgan fingerprint density at radius 3 is 2.69 bits per heavy atom. The number of aromatic nitrogens is 5. The van der Waals surface area contributed by atoms with Crippen LogP contribution >= 0.6 is 0 Å². The minimum Gasteiger partial charge on any atom is -0.339 e. The second-order valence-electron chi connectivity index (χ2n) is 6.22. The molecule has 1 amide bonds. The fraction of sp³-hybridized carbons (Fsp3) is 0.100. The highest BCUT2D eigenvalue weighted by Gasteiger charge is 2.14. The third-order valence-electron chi connectivity index (χ3n) is 4.21. The number of carbonyl (C=O) groups is 1. The largest absolute Gasteiger partial charge is 0.339 e. The number of hydrogen-bond donors (Lipinski definition) is 1. The number of benzene rings is 1. The van der Waals surface area contributed by atoms with Gasteiger partial charge in [0.25, 0.3) is 11.5 Å². The summed E-state index contributed by atoms with van der Waals surface area (Å²) in [6.45, 7) is 0. The molecule has 0 saturated heterocycles. The Bertz CT molecular complexity index is 1220. The Morgan fingerprint density at radius 2 is 1.90 bits per heavy atom. The van der Waals surface area contributed by atoms with E-state index in [2.05, 4.69) is 25.5 Å². The predicted molar refractivity (Wildman–Crippen MR) is 104 cm³/mol. The molecule has 0 atom stereocenters. The van der Waals surface area contributed by atoms with Crippen LogP contribution in [0.2, 0.25) is 0 Å². The van der Waals surface area contributed by atoms with Crippen LogP contribution in [0.5, 0.6) is 0 Å². The fourth-order valence-corrected chi connectivity index (χ4v) is 2.71. The van der Waals surface area contributed by atoms with Gasteiger partial charge in [0.1, 0.15) is 5.69 Å². The fourth-order valence-electron chi connectivity index (χ4n) is 2.71. The number of nitrogens with zero attached hydrogens (tertiary/aromatic N) is 5. The zero-order valence-electron chi connectivity index (χ0n) is 15.4. The molecular weight excluding hydrogens is 372 g/mol. The molecule has 1 aromatic carbocycles. The molecule has 0 fully saturated rings. The van der Waals surface area contributed by atoms with E-state index in [4.69, 9.17) is 4.52 Å². The number of amides is 1. The van der Waals surface area contributed by atoms with Crippen LogP contribution < -0.4 is 10.9 Å². The molecule has 0 aliphatic heterocycles. The number of hydrogen-bond acceptors (Lipinski definition) is 7. The third kappa shape index (κ3) is 4.08. The standard InChI is InChI=1S/C20H16N6O3/c1-26-18(27)7-6-16(24-26)20(28)22-15-5-3-2-4-14(15)12-17-23-19(25-29-17)13-8-10-21-11-9-13/h2-11H,12H2,1H3,(H,22,28). The van der Waals surface area contributed by atoms with E-state index < -0.39 is 5.91 Å². The van der Waals surface area contributed by atoms with E-state index in [0.29, 0.717) is 23.8 Å². The Morgan fingerprint density at radius 1 is 1.10 bits per heavy atom. The van der Waals surface area contributed by atoms with Gasteiger partial charge in [-0.25, -0.2) is 4.68 Å². The first kappa shape index (κ1) is 18.2. The molecule has 29 heavy (non-hydrogen) atoms. The molecule has 4 rings (SSSR count). The summed E-state index contributed by atoms with van der Waals surface area (Å²) in [5.74, 6) is 0.466. The van der Waals surface area contributed by atoms with Gasteiger partial charge in [0.05, 0.1) is 6.42 Å². The van der Waals surface area contributed by atoms with Crippen LogP contribution in [-0.4, -0.2) is 30.8 Å². The summed E-state index contributed by atoms with van der Waals surface area (Å²) in [5, 5.41) is 10.8. The van der Waals surface area contributed by atoms with Gasteiger partial charge in [0.2, 0.25) is 11.7 Å². The molecule has 0 unspecified atom stereocenters. The first-order valence-corrected chi connectivity index (χ1v) is 8.77.